The zero-order valence-electron chi connectivity index (χ0n) is 10.2. The van der Waals surface area contributed by atoms with Crippen LogP contribution >= 0.6 is 0 Å². The van der Waals surface area contributed by atoms with Crippen LogP contribution in [0.3, 0.4) is 0 Å². The smallest absolute Gasteiger partial charge is 0.225 e. The van der Waals surface area contributed by atoms with Gasteiger partial charge in [-0.3, -0.25) is 4.79 Å². The number of hydrogen-bond donors (Lipinski definition) is 0. The molecule has 0 radical (unpaired) electrons. The van der Waals surface area contributed by atoms with Crippen LogP contribution in [0.5, 0.6) is 0 Å². The highest BCUT2D eigenvalue weighted by molar-refractivity contribution is 5.78. The third-order valence-electron chi connectivity index (χ3n) is 2.75. The molecule has 84 valence electrons. The minimum Gasteiger partial charge on any atom is -0.342 e. The molecule has 0 aromatic rings. The van der Waals surface area contributed by atoms with Crippen LogP contribution in [-0.2, 0) is 4.79 Å². The van der Waals surface area contributed by atoms with E-state index in [4.69, 9.17) is 0 Å². The Bertz CT molecular complexity index is 142. The van der Waals surface area contributed by atoms with Crippen LogP contribution in [-0.4, -0.2) is 23.9 Å². The van der Waals surface area contributed by atoms with Gasteiger partial charge in [0.1, 0.15) is 0 Å². The van der Waals surface area contributed by atoms with Crippen LogP contribution in [0.25, 0.3) is 0 Å². The van der Waals surface area contributed by atoms with Crippen molar-refractivity contribution >= 4 is 5.91 Å². The van der Waals surface area contributed by atoms with Crippen LogP contribution in [0.2, 0.25) is 0 Å². The summed E-state index contributed by atoms with van der Waals surface area (Å²) < 4.78 is 0. The maximum Gasteiger partial charge on any atom is 0.225 e. The first-order valence-electron chi connectivity index (χ1n) is 6.08. The van der Waals surface area contributed by atoms with E-state index in [0.29, 0.717) is 5.91 Å². The van der Waals surface area contributed by atoms with Gasteiger partial charge in [-0.05, 0) is 25.7 Å². The molecule has 2 heteroatoms. The maximum atomic E-state index is 11.7. The first-order chi connectivity index (χ1) is 6.79. The zero-order chi connectivity index (χ0) is 11.0. The fourth-order valence-electron chi connectivity index (χ4n) is 1.83. The fourth-order valence-corrected chi connectivity index (χ4v) is 1.83. The van der Waals surface area contributed by atoms with E-state index in [0.717, 1.165) is 25.9 Å². The van der Waals surface area contributed by atoms with Crippen molar-refractivity contribution in [2.75, 3.05) is 13.1 Å². The SMILES string of the molecule is CC.CCC(CC)C(=O)N1CCCC1. The summed E-state index contributed by atoms with van der Waals surface area (Å²) in [7, 11) is 0. The molecule has 0 aliphatic carbocycles. The molecular weight excluding hydrogens is 174 g/mol. The minimum atomic E-state index is 0.281. The van der Waals surface area contributed by atoms with E-state index in [-0.39, 0.29) is 5.92 Å². The Balaban J connectivity index is 0.000000791. The molecule has 1 aliphatic rings. The van der Waals surface area contributed by atoms with Crippen molar-refractivity contribution in [3.05, 3.63) is 0 Å². The lowest BCUT2D eigenvalue weighted by molar-refractivity contribution is -0.134. The molecule has 0 atom stereocenters. The van der Waals surface area contributed by atoms with Gasteiger partial charge in [-0.25, -0.2) is 0 Å². The normalized spacial score (nSPS) is 15.4. The lowest BCUT2D eigenvalue weighted by Crippen LogP contribution is -2.33. The van der Waals surface area contributed by atoms with Crippen molar-refractivity contribution in [1.29, 1.82) is 0 Å². The molecule has 1 fully saturated rings. The first-order valence-corrected chi connectivity index (χ1v) is 6.08. The second-order valence-corrected chi connectivity index (χ2v) is 3.55. The van der Waals surface area contributed by atoms with E-state index in [1.165, 1.54) is 12.8 Å². The summed E-state index contributed by atoms with van der Waals surface area (Å²) in [6.07, 6.45) is 4.38. The summed E-state index contributed by atoms with van der Waals surface area (Å²) in [5.74, 6) is 0.667. The number of likely N-dealkylation sites (tertiary alicyclic amines) is 1. The number of amides is 1. The van der Waals surface area contributed by atoms with Gasteiger partial charge in [-0.15, -0.1) is 0 Å². The van der Waals surface area contributed by atoms with Crippen molar-refractivity contribution in [2.45, 2.75) is 53.4 Å². The Morgan fingerprint density at radius 3 is 1.93 bits per heavy atom. The van der Waals surface area contributed by atoms with Crippen LogP contribution in [0.15, 0.2) is 0 Å². The van der Waals surface area contributed by atoms with Gasteiger partial charge >= 0.3 is 0 Å². The molecule has 0 saturated carbocycles. The van der Waals surface area contributed by atoms with E-state index < -0.39 is 0 Å². The Hall–Kier alpha value is -0.530. The molecule has 0 N–H and O–H groups in total. The van der Waals surface area contributed by atoms with Crippen LogP contribution in [0.1, 0.15) is 53.4 Å². The molecule has 0 unspecified atom stereocenters. The lowest BCUT2D eigenvalue weighted by Gasteiger charge is -2.20. The number of rotatable bonds is 3. The molecule has 0 spiro atoms. The van der Waals surface area contributed by atoms with Crippen LogP contribution in [0, 0.1) is 5.92 Å². The highest BCUT2D eigenvalue weighted by Crippen LogP contribution is 2.16. The fraction of sp³-hybridized carbons (Fsp3) is 0.917. The van der Waals surface area contributed by atoms with Gasteiger partial charge in [-0.2, -0.15) is 0 Å². The van der Waals surface area contributed by atoms with Crippen molar-refractivity contribution in [1.82, 2.24) is 4.90 Å². The van der Waals surface area contributed by atoms with E-state index in [9.17, 15) is 4.79 Å². The van der Waals surface area contributed by atoms with E-state index in [1.807, 2.05) is 18.7 Å². The largest absolute Gasteiger partial charge is 0.342 e. The molecule has 14 heavy (non-hydrogen) atoms. The average Bonchev–Trinajstić information content (AvgIpc) is 2.75. The summed E-state index contributed by atoms with van der Waals surface area (Å²) in [4.78, 5) is 13.8. The Labute approximate surface area is 88.7 Å². The third-order valence-corrected chi connectivity index (χ3v) is 2.75. The van der Waals surface area contributed by atoms with Gasteiger partial charge in [0.05, 0.1) is 0 Å². The molecule has 2 nitrogen and oxygen atoms in total. The highest BCUT2D eigenvalue weighted by atomic mass is 16.2. The van der Waals surface area contributed by atoms with E-state index >= 15 is 0 Å². The topological polar surface area (TPSA) is 20.3 Å². The summed E-state index contributed by atoms with van der Waals surface area (Å²) in [6, 6.07) is 0. The Morgan fingerprint density at radius 2 is 1.57 bits per heavy atom. The van der Waals surface area contributed by atoms with Crippen molar-refractivity contribution in [3.63, 3.8) is 0 Å². The number of carbonyl (C=O) groups excluding carboxylic acids is 1. The molecule has 1 amide bonds. The van der Waals surface area contributed by atoms with Gasteiger partial charge in [0.2, 0.25) is 5.91 Å². The molecule has 0 aromatic carbocycles. The van der Waals surface area contributed by atoms with Gasteiger partial charge in [0.15, 0.2) is 0 Å². The summed E-state index contributed by atoms with van der Waals surface area (Å²) in [5, 5.41) is 0. The quantitative estimate of drug-likeness (QED) is 0.684. The van der Waals surface area contributed by atoms with Gasteiger partial charge in [-0.1, -0.05) is 27.7 Å². The summed E-state index contributed by atoms with van der Waals surface area (Å²) >= 11 is 0. The average molecular weight is 199 g/mol. The number of carbonyl (C=O) groups is 1. The van der Waals surface area contributed by atoms with Crippen LogP contribution < -0.4 is 0 Å². The highest BCUT2D eigenvalue weighted by Gasteiger charge is 2.23. The zero-order valence-corrected chi connectivity index (χ0v) is 10.2. The van der Waals surface area contributed by atoms with Crippen LogP contribution in [0.4, 0.5) is 0 Å². The third kappa shape index (κ3) is 3.69. The van der Waals surface area contributed by atoms with E-state index in [1.54, 1.807) is 0 Å². The molecule has 1 rings (SSSR count). The predicted octanol–water partition coefficient (Wildman–Crippen LogP) is 3.07. The molecular formula is C12H25NO. The molecule has 1 heterocycles. The molecule has 0 aromatic heterocycles. The second kappa shape index (κ2) is 7.84. The van der Waals surface area contributed by atoms with Gasteiger partial charge < -0.3 is 4.90 Å². The van der Waals surface area contributed by atoms with Crippen molar-refractivity contribution < 1.29 is 4.79 Å². The standard InChI is InChI=1S/C10H19NO.C2H6/c1-3-9(4-2)10(12)11-7-5-6-8-11;1-2/h9H,3-8H2,1-2H3;1-2H3. The summed E-state index contributed by atoms with van der Waals surface area (Å²) in [6.45, 7) is 10.2. The molecule has 0 bridgehead atoms. The van der Waals surface area contributed by atoms with E-state index in [2.05, 4.69) is 13.8 Å². The summed E-state index contributed by atoms with van der Waals surface area (Å²) in [5.41, 5.74) is 0. The minimum absolute atomic E-state index is 0.281. The lowest BCUT2D eigenvalue weighted by atomic mass is 10.0. The Morgan fingerprint density at radius 1 is 1.14 bits per heavy atom. The molecule has 1 saturated heterocycles. The van der Waals surface area contributed by atoms with Gasteiger partial charge in [0, 0.05) is 19.0 Å². The Kier molecular flexibility index (Phi) is 7.54. The van der Waals surface area contributed by atoms with Gasteiger partial charge in [0.25, 0.3) is 0 Å². The number of hydrogen-bond acceptors (Lipinski definition) is 1. The van der Waals surface area contributed by atoms with Crippen molar-refractivity contribution in [2.24, 2.45) is 5.92 Å². The van der Waals surface area contributed by atoms with Crippen molar-refractivity contribution in [3.8, 4) is 0 Å². The predicted molar refractivity (Wildman–Crippen MR) is 61.2 cm³/mol. The molecule has 1 aliphatic heterocycles. The maximum absolute atomic E-state index is 11.7. The second-order valence-electron chi connectivity index (χ2n) is 3.55. The monoisotopic (exact) mass is 199 g/mol. The number of nitrogens with zero attached hydrogens (tertiary/aromatic N) is 1. The first kappa shape index (κ1) is 13.5.